The zero-order chi connectivity index (χ0) is 25.4. The van der Waals surface area contributed by atoms with Crippen molar-refractivity contribution < 1.29 is 10.2 Å². The van der Waals surface area contributed by atoms with Gasteiger partial charge >= 0.3 is 0 Å². The second-order valence-electron chi connectivity index (χ2n) is 12.7. The summed E-state index contributed by atoms with van der Waals surface area (Å²) < 4.78 is 0. The van der Waals surface area contributed by atoms with Gasteiger partial charge in [-0.25, -0.2) is 0 Å². The first-order valence-corrected chi connectivity index (χ1v) is 16.8. The quantitative estimate of drug-likeness (QED) is 0.229. The van der Waals surface area contributed by atoms with Crippen LogP contribution >= 0.6 is 11.8 Å². The van der Waals surface area contributed by atoms with E-state index in [0.717, 1.165) is 31.1 Å². The Kier molecular flexibility index (Phi) is 11.0. The molecule has 0 spiro atoms. The largest absolute Gasteiger partial charge is 0.508 e. The van der Waals surface area contributed by atoms with Gasteiger partial charge in [-0.3, -0.25) is 0 Å². The number of aromatic hydroxyl groups is 1. The van der Waals surface area contributed by atoms with Crippen molar-refractivity contribution in [3.05, 3.63) is 29.3 Å². The Morgan fingerprint density at radius 1 is 0.889 bits per heavy atom. The Balaban J connectivity index is 1.19. The molecule has 36 heavy (non-hydrogen) atoms. The van der Waals surface area contributed by atoms with E-state index >= 15 is 0 Å². The van der Waals surface area contributed by atoms with Crippen molar-refractivity contribution >= 4 is 11.8 Å². The standard InChI is InChI=1S/C33H54O2S/c1-3-4-21-36-22-13-11-9-7-5-6-8-10-12-14-25-23-26-24-27(34)15-16-28(26)29-19-20-33(2)30(32(25)29)17-18-31(33)35/h15-16,24-25,29-32,34-35H,3-14,17-23H2,1-2H3/t25-,29-,30+,31+,32-,33+/m1/s1. The molecule has 0 heterocycles. The second kappa shape index (κ2) is 13.9. The van der Waals surface area contributed by atoms with Gasteiger partial charge < -0.3 is 10.2 Å². The Bertz CT molecular complexity index is 794. The molecule has 0 amide bonds. The monoisotopic (exact) mass is 514 g/mol. The lowest BCUT2D eigenvalue weighted by atomic mass is 9.52. The van der Waals surface area contributed by atoms with E-state index in [9.17, 15) is 10.2 Å². The third-order valence-electron chi connectivity index (χ3n) is 10.3. The van der Waals surface area contributed by atoms with E-state index in [4.69, 9.17) is 0 Å². The van der Waals surface area contributed by atoms with Crippen LogP contribution in [0.2, 0.25) is 0 Å². The molecule has 204 valence electrons. The number of aliphatic hydroxyl groups is 1. The van der Waals surface area contributed by atoms with Crippen LogP contribution in [0.1, 0.15) is 134 Å². The SMILES string of the molecule is CCCCSCCCCCCCCCCC[C@@H]1Cc2cc(O)ccc2[C@H]2CC[C@]3(C)[C@@H](O)CC[C@H]3[C@H]12. The van der Waals surface area contributed by atoms with Crippen molar-refractivity contribution in [2.75, 3.05) is 11.5 Å². The fourth-order valence-corrected chi connectivity index (χ4v) is 9.33. The van der Waals surface area contributed by atoms with Gasteiger partial charge in [0, 0.05) is 0 Å². The number of phenols is 1. The fourth-order valence-electron chi connectivity index (χ4n) is 8.23. The molecule has 2 saturated carbocycles. The Hall–Kier alpha value is -0.670. The van der Waals surface area contributed by atoms with Gasteiger partial charge in [0.25, 0.3) is 0 Å². The summed E-state index contributed by atoms with van der Waals surface area (Å²) in [7, 11) is 0. The van der Waals surface area contributed by atoms with Gasteiger partial charge in [0.2, 0.25) is 0 Å². The fraction of sp³-hybridized carbons (Fsp3) is 0.818. The highest BCUT2D eigenvalue weighted by atomic mass is 32.2. The summed E-state index contributed by atoms with van der Waals surface area (Å²) in [5, 5.41) is 21.0. The molecule has 2 N–H and O–H groups in total. The van der Waals surface area contributed by atoms with Gasteiger partial charge in [0.05, 0.1) is 6.10 Å². The maximum Gasteiger partial charge on any atom is 0.115 e. The minimum atomic E-state index is -0.106. The third kappa shape index (κ3) is 6.85. The van der Waals surface area contributed by atoms with E-state index in [0.29, 0.717) is 17.6 Å². The molecule has 1 aromatic rings. The Morgan fingerprint density at radius 3 is 2.33 bits per heavy atom. The number of hydrogen-bond donors (Lipinski definition) is 2. The van der Waals surface area contributed by atoms with E-state index in [2.05, 4.69) is 37.7 Å². The van der Waals surface area contributed by atoms with Crippen molar-refractivity contribution in [1.82, 2.24) is 0 Å². The van der Waals surface area contributed by atoms with Gasteiger partial charge in [0.15, 0.2) is 0 Å². The van der Waals surface area contributed by atoms with Gasteiger partial charge in [-0.2, -0.15) is 11.8 Å². The normalized spacial score (nSPS) is 31.1. The van der Waals surface area contributed by atoms with Crippen LogP contribution in [0.5, 0.6) is 5.75 Å². The number of phenolic OH excluding ortho intramolecular Hbond substituents is 1. The topological polar surface area (TPSA) is 40.5 Å². The lowest BCUT2D eigenvalue weighted by Crippen LogP contribution is -2.47. The van der Waals surface area contributed by atoms with Crippen molar-refractivity contribution in [3.63, 3.8) is 0 Å². The van der Waals surface area contributed by atoms with Gasteiger partial charge in [-0.15, -0.1) is 0 Å². The predicted octanol–water partition coefficient (Wildman–Crippen LogP) is 9.27. The molecule has 0 bridgehead atoms. The summed E-state index contributed by atoms with van der Waals surface area (Å²) in [5.74, 6) is 5.89. The van der Waals surface area contributed by atoms with Crippen LogP contribution in [-0.4, -0.2) is 27.8 Å². The number of fused-ring (bicyclic) bond motifs is 5. The van der Waals surface area contributed by atoms with Crippen LogP contribution in [0.15, 0.2) is 18.2 Å². The van der Waals surface area contributed by atoms with Crippen molar-refractivity contribution in [1.29, 1.82) is 0 Å². The van der Waals surface area contributed by atoms with Crippen molar-refractivity contribution in [3.8, 4) is 5.75 Å². The highest BCUT2D eigenvalue weighted by Gasteiger charge is 2.56. The Morgan fingerprint density at radius 2 is 1.58 bits per heavy atom. The molecule has 2 fully saturated rings. The number of hydrogen-bond acceptors (Lipinski definition) is 3. The van der Waals surface area contributed by atoms with Crippen LogP contribution in [0.4, 0.5) is 0 Å². The van der Waals surface area contributed by atoms with Crippen molar-refractivity contribution in [2.24, 2.45) is 23.2 Å². The maximum absolute atomic E-state index is 10.9. The summed E-state index contributed by atoms with van der Waals surface area (Å²) in [6.07, 6.45) is 22.3. The summed E-state index contributed by atoms with van der Waals surface area (Å²) in [6, 6.07) is 6.18. The summed E-state index contributed by atoms with van der Waals surface area (Å²) in [5.41, 5.74) is 3.05. The molecule has 0 radical (unpaired) electrons. The molecular weight excluding hydrogens is 460 g/mol. The molecule has 0 aliphatic heterocycles. The molecule has 3 aliphatic rings. The van der Waals surface area contributed by atoms with Crippen LogP contribution in [0.25, 0.3) is 0 Å². The molecule has 0 unspecified atom stereocenters. The van der Waals surface area contributed by atoms with Crippen molar-refractivity contribution in [2.45, 2.75) is 135 Å². The molecule has 2 nitrogen and oxygen atoms in total. The molecule has 6 atom stereocenters. The molecule has 1 aromatic carbocycles. The highest BCUT2D eigenvalue weighted by molar-refractivity contribution is 7.99. The lowest BCUT2D eigenvalue weighted by Gasteiger charge is -2.53. The first kappa shape index (κ1) is 28.3. The Labute approximate surface area is 226 Å². The number of benzene rings is 1. The van der Waals surface area contributed by atoms with Crippen LogP contribution in [-0.2, 0) is 6.42 Å². The smallest absolute Gasteiger partial charge is 0.115 e. The van der Waals surface area contributed by atoms with Gasteiger partial charge in [-0.05, 0) is 115 Å². The number of aliphatic hydroxyl groups excluding tert-OH is 1. The molecule has 0 aromatic heterocycles. The van der Waals surface area contributed by atoms with E-state index in [1.165, 1.54) is 113 Å². The predicted molar refractivity (Wildman–Crippen MR) is 156 cm³/mol. The minimum absolute atomic E-state index is 0.106. The van der Waals surface area contributed by atoms with Crippen LogP contribution in [0.3, 0.4) is 0 Å². The molecule has 0 saturated heterocycles. The third-order valence-corrected chi connectivity index (χ3v) is 11.5. The van der Waals surface area contributed by atoms with E-state index in [1.54, 1.807) is 0 Å². The summed E-state index contributed by atoms with van der Waals surface area (Å²) >= 11 is 2.15. The lowest BCUT2D eigenvalue weighted by molar-refractivity contribution is -0.0396. The number of unbranched alkanes of at least 4 members (excludes halogenated alkanes) is 9. The van der Waals surface area contributed by atoms with E-state index < -0.39 is 0 Å². The first-order chi connectivity index (χ1) is 17.5. The average Bonchev–Trinajstić information content (AvgIpc) is 3.18. The van der Waals surface area contributed by atoms with Crippen LogP contribution < -0.4 is 0 Å². The zero-order valence-electron chi connectivity index (χ0n) is 23.4. The first-order valence-electron chi connectivity index (χ1n) is 15.6. The minimum Gasteiger partial charge on any atom is -0.508 e. The number of rotatable bonds is 15. The molecule has 3 heteroatoms. The molecule has 4 rings (SSSR count). The highest BCUT2D eigenvalue weighted by Crippen LogP contribution is 2.62. The molecule has 3 aliphatic carbocycles. The van der Waals surface area contributed by atoms with E-state index in [1.807, 2.05) is 6.07 Å². The zero-order valence-corrected chi connectivity index (χ0v) is 24.2. The van der Waals surface area contributed by atoms with Gasteiger partial charge in [-0.1, -0.05) is 77.7 Å². The van der Waals surface area contributed by atoms with Crippen LogP contribution in [0, 0.1) is 23.2 Å². The maximum atomic E-state index is 10.9. The van der Waals surface area contributed by atoms with Gasteiger partial charge in [0.1, 0.15) is 5.75 Å². The summed E-state index contributed by atoms with van der Waals surface area (Å²) in [6.45, 7) is 4.67. The average molecular weight is 515 g/mol. The second-order valence-corrected chi connectivity index (χ2v) is 13.9. The summed E-state index contributed by atoms with van der Waals surface area (Å²) in [4.78, 5) is 0. The number of thioether (sulfide) groups is 1. The molecular formula is C33H54O2S. The van der Waals surface area contributed by atoms with E-state index in [-0.39, 0.29) is 11.5 Å².